The van der Waals surface area contributed by atoms with E-state index in [-0.39, 0.29) is 0 Å². The summed E-state index contributed by atoms with van der Waals surface area (Å²) >= 11 is 5.41. The van der Waals surface area contributed by atoms with E-state index in [9.17, 15) is 0 Å². The highest BCUT2D eigenvalue weighted by Gasteiger charge is 2.21. The monoisotopic (exact) mass is 408 g/mol. The largest absolute Gasteiger partial charge is 0.385 e. The first kappa shape index (κ1) is 21.0. The van der Waals surface area contributed by atoms with Gasteiger partial charge in [0.05, 0.1) is 13.2 Å². The van der Waals surface area contributed by atoms with Gasteiger partial charge in [-0.2, -0.15) is 9.97 Å². The van der Waals surface area contributed by atoms with Gasteiger partial charge < -0.3 is 29.9 Å². The molecular weight excluding hydrogens is 376 g/mol. The third kappa shape index (κ3) is 6.15. The minimum absolute atomic E-state index is 0.535. The molecule has 1 aromatic rings. The van der Waals surface area contributed by atoms with Gasteiger partial charge in [-0.3, -0.25) is 0 Å². The summed E-state index contributed by atoms with van der Waals surface area (Å²) in [6, 6.07) is 2.10. The number of nitrogens with one attached hydrogen (secondary N) is 2. The van der Waals surface area contributed by atoms with E-state index in [0.29, 0.717) is 23.6 Å². The van der Waals surface area contributed by atoms with Crippen molar-refractivity contribution in [3.8, 4) is 0 Å². The Kier molecular flexibility index (Phi) is 8.05. The van der Waals surface area contributed by atoms with Gasteiger partial charge in [-0.15, -0.1) is 0 Å². The molecule has 0 unspecified atom stereocenters. The second kappa shape index (κ2) is 10.7. The zero-order valence-corrected chi connectivity index (χ0v) is 17.8. The molecule has 1 atom stereocenters. The van der Waals surface area contributed by atoms with E-state index in [0.717, 1.165) is 64.0 Å². The molecule has 0 spiro atoms. The lowest BCUT2D eigenvalue weighted by molar-refractivity contribution is 0.122. The molecule has 2 aliphatic rings. The van der Waals surface area contributed by atoms with E-state index in [2.05, 4.69) is 33.4 Å². The van der Waals surface area contributed by atoms with Crippen LogP contribution in [0.3, 0.4) is 0 Å². The maximum absolute atomic E-state index is 5.49. The van der Waals surface area contributed by atoms with Crippen molar-refractivity contribution in [2.75, 3.05) is 74.8 Å². The van der Waals surface area contributed by atoms with Gasteiger partial charge in [0.25, 0.3) is 0 Å². The predicted octanol–water partition coefficient (Wildman–Crippen LogP) is 1.87. The second-order valence-corrected chi connectivity index (χ2v) is 7.84. The van der Waals surface area contributed by atoms with Crippen LogP contribution < -0.4 is 20.4 Å². The standard InChI is InChI=1S/C19H32N6O2S/c1-15-5-3-7-25(14-15)17-13-16(24-8-11-27-12-9-24)21-18(22-17)23-19(28)20-6-4-10-26-2/h13,15H,3-12,14H2,1-2H3,(H2,20,21,22,23,28)/t15-/m0/s1. The molecule has 2 N–H and O–H groups in total. The van der Waals surface area contributed by atoms with E-state index in [4.69, 9.17) is 31.7 Å². The first-order valence-electron chi connectivity index (χ1n) is 10.2. The molecule has 2 saturated heterocycles. The first-order valence-corrected chi connectivity index (χ1v) is 10.6. The highest BCUT2D eigenvalue weighted by atomic mass is 32.1. The maximum atomic E-state index is 5.49. The van der Waals surface area contributed by atoms with Gasteiger partial charge in [0.15, 0.2) is 5.11 Å². The predicted molar refractivity (Wildman–Crippen MR) is 116 cm³/mol. The molecule has 0 amide bonds. The number of hydrogen-bond acceptors (Lipinski definition) is 7. The Morgan fingerprint density at radius 3 is 2.71 bits per heavy atom. The normalized spacial score (nSPS) is 20.1. The zero-order chi connectivity index (χ0) is 19.8. The summed E-state index contributed by atoms with van der Waals surface area (Å²) in [4.78, 5) is 14.1. The van der Waals surface area contributed by atoms with Gasteiger partial charge in [0.2, 0.25) is 5.95 Å². The van der Waals surface area contributed by atoms with Crippen LogP contribution in [0.25, 0.3) is 0 Å². The highest BCUT2D eigenvalue weighted by Crippen LogP contribution is 2.26. The molecule has 0 saturated carbocycles. The van der Waals surface area contributed by atoms with Crippen molar-refractivity contribution in [3.63, 3.8) is 0 Å². The maximum Gasteiger partial charge on any atom is 0.232 e. The Hall–Kier alpha value is -1.71. The lowest BCUT2D eigenvalue weighted by Crippen LogP contribution is -2.38. The number of morpholine rings is 1. The van der Waals surface area contributed by atoms with Crippen LogP contribution >= 0.6 is 12.2 Å². The lowest BCUT2D eigenvalue weighted by atomic mass is 10.0. The summed E-state index contributed by atoms with van der Waals surface area (Å²) < 4.78 is 10.6. The number of anilines is 3. The minimum Gasteiger partial charge on any atom is -0.385 e. The fourth-order valence-electron chi connectivity index (χ4n) is 3.56. The third-order valence-electron chi connectivity index (χ3n) is 5.05. The summed E-state index contributed by atoms with van der Waals surface area (Å²) in [6.07, 6.45) is 3.36. The Balaban J connectivity index is 1.73. The number of thiocarbonyl (C=S) groups is 1. The number of methoxy groups -OCH3 is 1. The minimum atomic E-state index is 0.535. The van der Waals surface area contributed by atoms with Crippen LogP contribution in [0, 0.1) is 5.92 Å². The summed E-state index contributed by atoms with van der Waals surface area (Å²) in [7, 11) is 1.70. The first-order chi connectivity index (χ1) is 13.7. The van der Waals surface area contributed by atoms with Gasteiger partial charge in [0.1, 0.15) is 11.6 Å². The summed E-state index contributed by atoms with van der Waals surface area (Å²) in [5, 5.41) is 6.88. The van der Waals surface area contributed by atoms with Crippen molar-refractivity contribution < 1.29 is 9.47 Å². The number of piperidine rings is 1. The van der Waals surface area contributed by atoms with Crippen LogP contribution in [0.15, 0.2) is 6.07 Å². The molecule has 0 aromatic carbocycles. The zero-order valence-electron chi connectivity index (χ0n) is 16.9. The van der Waals surface area contributed by atoms with Gasteiger partial charge in [-0.05, 0) is 37.4 Å². The van der Waals surface area contributed by atoms with E-state index in [1.54, 1.807) is 7.11 Å². The van der Waals surface area contributed by atoms with Gasteiger partial charge in [-0.25, -0.2) is 0 Å². The Morgan fingerprint density at radius 2 is 2.00 bits per heavy atom. The van der Waals surface area contributed by atoms with Crippen molar-refractivity contribution in [1.29, 1.82) is 0 Å². The number of hydrogen-bond donors (Lipinski definition) is 2. The molecule has 0 radical (unpaired) electrons. The lowest BCUT2D eigenvalue weighted by Gasteiger charge is -2.33. The average molecular weight is 409 g/mol. The SMILES string of the molecule is COCCCNC(=S)Nc1nc(N2CCOCC2)cc(N2CCC[C@H](C)C2)n1. The van der Waals surface area contributed by atoms with Crippen LogP contribution in [0.5, 0.6) is 0 Å². The topological polar surface area (TPSA) is 74.8 Å². The molecule has 9 heteroatoms. The van der Waals surface area contributed by atoms with Crippen molar-refractivity contribution in [2.24, 2.45) is 5.92 Å². The van der Waals surface area contributed by atoms with E-state index in [1.807, 2.05) is 0 Å². The van der Waals surface area contributed by atoms with Crippen molar-refractivity contribution in [3.05, 3.63) is 6.07 Å². The van der Waals surface area contributed by atoms with Crippen molar-refractivity contribution in [1.82, 2.24) is 15.3 Å². The van der Waals surface area contributed by atoms with E-state index in [1.165, 1.54) is 12.8 Å². The van der Waals surface area contributed by atoms with Crippen LogP contribution in [0.1, 0.15) is 26.2 Å². The molecular formula is C19H32N6O2S. The quantitative estimate of drug-likeness (QED) is 0.519. The van der Waals surface area contributed by atoms with Crippen molar-refractivity contribution in [2.45, 2.75) is 26.2 Å². The molecule has 156 valence electrons. The Bertz CT molecular complexity index is 641. The highest BCUT2D eigenvalue weighted by molar-refractivity contribution is 7.80. The number of aromatic nitrogens is 2. The van der Waals surface area contributed by atoms with Crippen LogP contribution in [-0.2, 0) is 9.47 Å². The van der Waals surface area contributed by atoms with Crippen LogP contribution in [0.2, 0.25) is 0 Å². The molecule has 2 fully saturated rings. The van der Waals surface area contributed by atoms with Crippen LogP contribution in [-0.4, -0.2) is 74.7 Å². The van der Waals surface area contributed by atoms with Crippen molar-refractivity contribution >= 4 is 34.9 Å². The fraction of sp³-hybridized carbons (Fsp3) is 0.737. The fourth-order valence-corrected chi connectivity index (χ4v) is 3.75. The molecule has 3 rings (SSSR count). The smallest absolute Gasteiger partial charge is 0.232 e. The number of rotatable bonds is 7. The molecule has 2 aliphatic heterocycles. The molecule has 0 aliphatic carbocycles. The van der Waals surface area contributed by atoms with Crippen LogP contribution in [0.4, 0.5) is 17.6 Å². The number of nitrogens with zero attached hydrogens (tertiary/aromatic N) is 4. The number of ether oxygens (including phenoxy) is 2. The average Bonchev–Trinajstić information content (AvgIpc) is 2.72. The summed E-state index contributed by atoms with van der Waals surface area (Å²) in [5.41, 5.74) is 0. The molecule has 0 bridgehead atoms. The Morgan fingerprint density at radius 1 is 1.25 bits per heavy atom. The van der Waals surface area contributed by atoms with Gasteiger partial charge >= 0.3 is 0 Å². The molecule has 3 heterocycles. The third-order valence-corrected chi connectivity index (χ3v) is 5.30. The molecule has 1 aromatic heterocycles. The van der Waals surface area contributed by atoms with E-state index >= 15 is 0 Å². The molecule has 28 heavy (non-hydrogen) atoms. The van der Waals surface area contributed by atoms with Gasteiger partial charge in [-0.1, -0.05) is 6.92 Å². The summed E-state index contributed by atoms with van der Waals surface area (Å²) in [5.74, 6) is 3.11. The molecule has 8 nitrogen and oxygen atoms in total. The summed E-state index contributed by atoms with van der Waals surface area (Å²) in [6.45, 7) is 8.94. The van der Waals surface area contributed by atoms with E-state index < -0.39 is 0 Å². The second-order valence-electron chi connectivity index (χ2n) is 7.43. The van der Waals surface area contributed by atoms with Gasteiger partial charge in [0, 0.05) is 52.5 Å². The Labute approximate surface area is 173 Å².